The van der Waals surface area contributed by atoms with Gasteiger partial charge in [-0.1, -0.05) is 12.1 Å². The van der Waals surface area contributed by atoms with E-state index in [0.29, 0.717) is 31.3 Å². The second-order valence-corrected chi connectivity index (χ2v) is 4.65. The number of hydrogen-bond donors (Lipinski definition) is 1. The number of rotatable bonds is 5. The van der Waals surface area contributed by atoms with Gasteiger partial charge in [0.25, 0.3) is 5.91 Å². The van der Waals surface area contributed by atoms with Crippen molar-refractivity contribution in [1.29, 1.82) is 0 Å². The van der Waals surface area contributed by atoms with Crippen LogP contribution in [0.1, 0.15) is 38.4 Å². The Morgan fingerprint density at radius 1 is 1.56 bits per heavy atom. The number of aryl methyl sites for hydroxylation is 1. The Balaban J connectivity index is 1.76. The molecule has 1 aliphatic heterocycles. The monoisotopic (exact) mass is 253 g/mol. The number of carbonyl (C=O) groups is 1. The Morgan fingerprint density at radius 2 is 2.39 bits per heavy atom. The molecule has 1 atom stereocenters. The number of ether oxygens (including phenoxy) is 1. The second-order valence-electron chi connectivity index (χ2n) is 4.65. The molecule has 0 radical (unpaired) electrons. The first-order chi connectivity index (χ1) is 8.64. The average molecular weight is 253 g/mol. The van der Waals surface area contributed by atoms with E-state index in [2.05, 4.69) is 15.5 Å². The maximum atomic E-state index is 11.9. The Morgan fingerprint density at radius 3 is 3.00 bits per heavy atom. The smallest absolute Gasteiger partial charge is 0.251 e. The number of amides is 1. The van der Waals surface area contributed by atoms with E-state index < -0.39 is 5.60 Å². The maximum absolute atomic E-state index is 11.9. The molecule has 0 bridgehead atoms. The van der Waals surface area contributed by atoms with Crippen LogP contribution >= 0.6 is 0 Å². The molecule has 18 heavy (non-hydrogen) atoms. The summed E-state index contributed by atoms with van der Waals surface area (Å²) in [5.41, 5.74) is -0.663. The molecule has 100 valence electrons. The van der Waals surface area contributed by atoms with Crippen LogP contribution < -0.4 is 5.32 Å². The highest BCUT2D eigenvalue weighted by Crippen LogP contribution is 2.24. The summed E-state index contributed by atoms with van der Waals surface area (Å²) in [5.74, 6) is 1.20. The lowest BCUT2D eigenvalue weighted by Crippen LogP contribution is -2.44. The summed E-state index contributed by atoms with van der Waals surface area (Å²) in [6, 6.07) is 0. The van der Waals surface area contributed by atoms with E-state index in [4.69, 9.17) is 9.26 Å². The number of carbonyl (C=O) groups excluding carboxylic acids is 1. The largest absolute Gasteiger partial charge is 0.365 e. The Bertz CT molecular complexity index is 410. The van der Waals surface area contributed by atoms with Gasteiger partial charge in [0, 0.05) is 26.0 Å². The van der Waals surface area contributed by atoms with Gasteiger partial charge in [-0.25, -0.2) is 0 Å². The Hall–Kier alpha value is -1.43. The molecule has 1 unspecified atom stereocenters. The molecule has 6 nitrogen and oxygen atoms in total. The van der Waals surface area contributed by atoms with Crippen molar-refractivity contribution in [2.24, 2.45) is 0 Å². The summed E-state index contributed by atoms with van der Waals surface area (Å²) in [6.07, 6.45) is 3.02. The van der Waals surface area contributed by atoms with Crippen molar-refractivity contribution in [3.8, 4) is 0 Å². The van der Waals surface area contributed by atoms with E-state index in [9.17, 15) is 4.79 Å². The Kier molecular flexibility index (Phi) is 3.96. The first kappa shape index (κ1) is 13.0. The van der Waals surface area contributed by atoms with Gasteiger partial charge in [-0.05, 0) is 19.8 Å². The van der Waals surface area contributed by atoms with Crippen LogP contribution in [0.3, 0.4) is 0 Å². The maximum Gasteiger partial charge on any atom is 0.251 e. The van der Waals surface area contributed by atoms with Crippen LogP contribution in [0.5, 0.6) is 0 Å². The van der Waals surface area contributed by atoms with Crippen molar-refractivity contribution in [2.75, 3.05) is 13.2 Å². The molecule has 1 saturated heterocycles. The first-order valence-electron chi connectivity index (χ1n) is 6.38. The van der Waals surface area contributed by atoms with Crippen molar-refractivity contribution >= 4 is 5.91 Å². The van der Waals surface area contributed by atoms with Crippen LogP contribution in [0.25, 0.3) is 0 Å². The highest BCUT2D eigenvalue weighted by atomic mass is 16.5. The van der Waals surface area contributed by atoms with Crippen LogP contribution in [-0.4, -0.2) is 34.8 Å². The van der Waals surface area contributed by atoms with Crippen LogP contribution in [-0.2, 0) is 22.4 Å². The van der Waals surface area contributed by atoms with Gasteiger partial charge in [-0.2, -0.15) is 4.98 Å². The van der Waals surface area contributed by atoms with E-state index in [0.717, 1.165) is 19.3 Å². The molecule has 0 aliphatic carbocycles. The number of aromatic nitrogens is 2. The Labute approximate surface area is 106 Å². The summed E-state index contributed by atoms with van der Waals surface area (Å²) in [4.78, 5) is 16.1. The molecule has 1 fully saturated rings. The van der Waals surface area contributed by atoms with Crippen LogP contribution in [0.15, 0.2) is 4.52 Å². The third-order valence-corrected chi connectivity index (χ3v) is 3.15. The highest BCUT2D eigenvalue weighted by Gasteiger charge is 2.37. The van der Waals surface area contributed by atoms with E-state index in [1.54, 1.807) is 0 Å². The van der Waals surface area contributed by atoms with Gasteiger partial charge in [0.15, 0.2) is 5.82 Å². The average Bonchev–Trinajstić information content (AvgIpc) is 2.99. The molecule has 1 aromatic rings. The van der Waals surface area contributed by atoms with Gasteiger partial charge in [0.2, 0.25) is 5.89 Å². The first-order valence-corrected chi connectivity index (χ1v) is 6.38. The van der Waals surface area contributed by atoms with Crippen molar-refractivity contribution in [3.63, 3.8) is 0 Å². The van der Waals surface area contributed by atoms with Gasteiger partial charge in [-0.15, -0.1) is 0 Å². The lowest BCUT2D eigenvalue weighted by molar-refractivity contribution is -0.139. The standard InChI is InChI=1S/C12H19N3O3/c1-3-9-14-10(18-15-9)5-7-13-11(16)12(2)6-4-8-17-12/h3-8H2,1-2H3,(H,13,16). The molecule has 0 aromatic carbocycles. The van der Waals surface area contributed by atoms with E-state index in [1.165, 1.54) is 0 Å². The summed E-state index contributed by atoms with van der Waals surface area (Å²) in [7, 11) is 0. The third-order valence-electron chi connectivity index (χ3n) is 3.15. The predicted octanol–water partition coefficient (Wildman–Crippen LogP) is 0.860. The van der Waals surface area contributed by atoms with E-state index in [1.807, 2.05) is 13.8 Å². The second kappa shape index (κ2) is 5.48. The normalized spacial score (nSPS) is 23.2. The van der Waals surface area contributed by atoms with Gasteiger partial charge in [0.05, 0.1) is 0 Å². The number of nitrogens with zero attached hydrogens (tertiary/aromatic N) is 2. The van der Waals surface area contributed by atoms with Gasteiger partial charge < -0.3 is 14.6 Å². The van der Waals surface area contributed by atoms with Crippen LogP contribution in [0.2, 0.25) is 0 Å². The summed E-state index contributed by atoms with van der Waals surface area (Å²) < 4.78 is 10.5. The molecule has 1 aliphatic rings. The van der Waals surface area contributed by atoms with Crippen molar-refractivity contribution in [1.82, 2.24) is 15.5 Å². The van der Waals surface area contributed by atoms with Crippen molar-refractivity contribution < 1.29 is 14.1 Å². The minimum atomic E-state index is -0.663. The van der Waals surface area contributed by atoms with Crippen molar-refractivity contribution in [2.45, 2.75) is 45.1 Å². The summed E-state index contributed by atoms with van der Waals surface area (Å²) in [6.45, 7) is 4.95. The molecule has 2 heterocycles. The number of nitrogens with one attached hydrogen (secondary N) is 1. The summed E-state index contributed by atoms with van der Waals surface area (Å²) in [5, 5.41) is 6.65. The fourth-order valence-electron chi connectivity index (χ4n) is 1.96. The van der Waals surface area contributed by atoms with Crippen LogP contribution in [0, 0.1) is 0 Å². The van der Waals surface area contributed by atoms with Crippen LogP contribution in [0.4, 0.5) is 0 Å². The minimum Gasteiger partial charge on any atom is -0.365 e. The quantitative estimate of drug-likeness (QED) is 0.842. The minimum absolute atomic E-state index is 0.0600. The van der Waals surface area contributed by atoms with E-state index in [-0.39, 0.29) is 5.91 Å². The van der Waals surface area contributed by atoms with Gasteiger partial charge in [0.1, 0.15) is 5.60 Å². The molecule has 0 saturated carbocycles. The van der Waals surface area contributed by atoms with Gasteiger partial charge >= 0.3 is 0 Å². The molecule has 0 spiro atoms. The fourth-order valence-corrected chi connectivity index (χ4v) is 1.96. The SMILES string of the molecule is CCc1noc(CCNC(=O)C2(C)CCCO2)n1. The summed E-state index contributed by atoms with van der Waals surface area (Å²) >= 11 is 0. The molecular weight excluding hydrogens is 234 g/mol. The lowest BCUT2D eigenvalue weighted by atomic mass is 10.0. The predicted molar refractivity (Wildman–Crippen MR) is 64.0 cm³/mol. The molecule has 1 N–H and O–H groups in total. The molecule has 1 aromatic heterocycles. The highest BCUT2D eigenvalue weighted by molar-refractivity contribution is 5.84. The van der Waals surface area contributed by atoms with Crippen molar-refractivity contribution in [3.05, 3.63) is 11.7 Å². The molecule has 2 rings (SSSR count). The zero-order chi connectivity index (χ0) is 13.0. The molecule has 6 heteroatoms. The van der Waals surface area contributed by atoms with E-state index >= 15 is 0 Å². The lowest BCUT2D eigenvalue weighted by Gasteiger charge is -2.21. The topological polar surface area (TPSA) is 77.2 Å². The zero-order valence-electron chi connectivity index (χ0n) is 10.9. The molecular formula is C12H19N3O3. The fraction of sp³-hybridized carbons (Fsp3) is 0.750. The number of hydrogen-bond acceptors (Lipinski definition) is 5. The van der Waals surface area contributed by atoms with Gasteiger partial charge in [-0.3, -0.25) is 4.79 Å². The molecule has 1 amide bonds. The zero-order valence-corrected chi connectivity index (χ0v) is 10.9. The third kappa shape index (κ3) is 2.87.